The molecule has 0 unspecified atom stereocenters. The highest BCUT2D eigenvalue weighted by Gasteiger charge is 2.14. The van der Waals surface area contributed by atoms with E-state index in [0.717, 1.165) is 37.3 Å². The SMILES string of the molecule is Cc1ccc(S(=O)(=O)NCc2ccc(N3CCNCC3)cc2)cc1. The van der Waals surface area contributed by atoms with Crippen LogP contribution in [0.15, 0.2) is 53.4 Å². The van der Waals surface area contributed by atoms with Crippen LogP contribution >= 0.6 is 0 Å². The summed E-state index contributed by atoms with van der Waals surface area (Å²) in [6, 6.07) is 14.9. The molecule has 2 aromatic carbocycles. The average molecular weight is 345 g/mol. The molecule has 1 fully saturated rings. The standard InChI is InChI=1S/C18H23N3O2S/c1-15-2-8-18(9-3-15)24(22,23)20-14-16-4-6-17(7-5-16)21-12-10-19-11-13-21/h2-9,19-20H,10-14H2,1H3. The molecule has 0 spiro atoms. The zero-order valence-corrected chi connectivity index (χ0v) is 14.6. The Labute approximate surface area is 143 Å². The summed E-state index contributed by atoms with van der Waals surface area (Å²) in [6.07, 6.45) is 0. The number of hydrogen-bond donors (Lipinski definition) is 2. The molecular formula is C18H23N3O2S. The number of nitrogens with one attached hydrogen (secondary N) is 2. The van der Waals surface area contributed by atoms with Crippen molar-refractivity contribution < 1.29 is 8.42 Å². The highest BCUT2D eigenvalue weighted by molar-refractivity contribution is 7.89. The first-order valence-corrected chi connectivity index (χ1v) is 9.64. The molecule has 1 aliphatic heterocycles. The summed E-state index contributed by atoms with van der Waals surface area (Å²) in [7, 11) is -3.47. The molecule has 1 saturated heterocycles. The maximum absolute atomic E-state index is 12.3. The van der Waals surface area contributed by atoms with Gasteiger partial charge >= 0.3 is 0 Å². The van der Waals surface area contributed by atoms with Crippen molar-refractivity contribution in [2.24, 2.45) is 0 Å². The summed E-state index contributed by atoms with van der Waals surface area (Å²) >= 11 is 0. The topological polar surface area (TPSA) is 61.4 Å². The van der Waals surface area contributed by atoms with Gasteiger partial charge in [0, 0.05) is 38.4 Å². The van der Waals surface area contributed by atoms with Crippen LogP contribution in [-0.4, -0.2) is 34.6 Å². The molecule has 6 heteroatoms. The average Bonchev–Trinajstić information content (AvgIpc) is 2.62. The van der Waals surface area contributed by atoms with Gasteiger partial charge in [0.25, 0.3) is 0 Å². The minimum Gasteiger partial charge on any atom is -0.369 e. The first-order chi connectivity index (χ1) is 11.5. The molecule has 0 aliphatic carbocycles. The lowest BCUT2D eigenvalue weighted by Crippen LogP contribution is -2.43. The summed E-state index contributed by atoms with van der Waals surface area (Å²) in [5, 5.41) is 3.33. The van der Waals surface area contributed by atoms with Crippen molar-refractivity contribution in [3.8, 4) is 0 Å². The van der Waals surface area contributed by atoms with E-state index >= 15 is 0 Å². The number of sulfonamides is 1. The fourth-order valence-corrected chi connectivity index (χ4v) is 3.74. The first kappa shape index (κ1) is 17.0. The van der Waals surface area contributed by atoms with Crippen molar-refractivity contribution >= 4 is 15.7 Å². The molecule has 0 radical (unpaired) electrons. The minimum absolute atomic E-state index is 0.290. The van der Waals surface area contributed by atoms with E-state index in [9.17, 15) is 8.42 Å². The maximum atomic E-state index is 12.3. The molecule has 0 aromatic heterocycles. The lowest BCUT2D eigenvalue weighted by molar-refractivity contribution is 0.581. The minimum atomic E-state index is -3.47. The third-order valence-corrected chi connectivity index (χ3v) is 5.63. The van der Waals surface area contributed by atoms with E-state index in [1.54, 1.807) is 24.3 Å². The van der Waals surface area contributed by atoms with Gasteiger partial charge in [0.2, 0.25) is 10.0 Å². The highest BCUT2D eigenvalue weighted by atomic mass is 32.2. The predicted octanol–water partition coefficient (Wildman–Crippen LogP) is 1.88. The third-order valence-electron chi connectivity index (χ3n) is 4.22. The van der Waals surface area contributed by atoms with Gasteiger partial charge in [0.05, 0.1) is 4.90 Å². The Morgan fingerprint density at radius 3 is 2.25 bits per heavy atom. The molecule has 1 aliphatic rings. The zero-order chi connectivity index (χ0) is 17.0. The Balaban J connectivity index is 1.62. The van der Waals surface area contributed by atoms with Crippen LogP contribution in [0.3, 0.4) is 0 Å². The molecule has 0 atom stereocenters. The summed E-state index contributed by atoms with van der Waals surface area (Å²) < 4.78 is 27.3. The number of rotatable bonds is 5. The van der Waals surface area contributed by atoms with Crippen LogP contribution in [0.4, 0.5) is 5.69 Å². The van der Waals surface area contributed by atoms with Crippen LogP contribution in [0, 0.1) is 6.92 Å². The molecule has 5 nitrogen and oxygen atoms in total. The predicted molar refractivity (Wildman–Crippen MR) is 96.7 cm³/mol. The van der Waals surface area contributed by atoms with Crippen molar-refractivity contribution in [1.82, 2.24) is 10.0 Å². The van der Waals surface area contributed by atoms with Gasteiger partial charge in [-0.25, -0.2) is 13.1 Å². The molecule has 0 saturated carbocycles. The largest absolute Gasteiger partial charge is 0.369 e. The lowest BCUT2D eigenvalue weighted by Gasteiger charge is -2.29. The van der Waals surface area contributed by atoms with E-state index in [2.05, 4.69) is 27.1 Å². The van der Waals surface area contributed by atoms with Gasteiger partial charge in [0.1, 0.15) is 0 Å². The Hall–Kier alpha value is -1.89. The van der Waals surface area contributed by atoms with Crippen LogP contribution in [0.25, 0.3) is 0 Å². The normalized spacial score (nSPS) is 15.5. The number of benzene rings is 2. The Bertz CT molecular complexity index is 765. The second kappa shape index (κ2) is 7.34. The Morgan fingerprint density at radius 1 is 1.00 bits per heavy atom. The van der Waals surface area contributed by atoms with Gasteiger partial charge in [-0.15, -0.1) is 0 Å². The van der Waals surface area contributed by atoms with E-state index < -0.39 is 10.0 Å². The summed E-state index contributed by atoms with van der Waals surface area (Å²) in [6.45, 7) is 6.22. The van der Waals surface area contributed by atoms with Crippen molar-refractivity contribution in [3.63, 3.8) is 0 Å². The van der Waals surface area contributed by atoms with E-state index in [4.69, 9.17) is 0 Å². The van der Waals surface area contributed by atoms with Crippen molar-refractivity contribution in [2.75, 3.05) is 31.1 Å². The Kier molecular flexibility index (Phi) is 5.18. The molecule has 24 heavy (non-hydrogen) atoms. The molecule has 1 heterocycles. The molecule has 2 N–H and O–H groups in total. The van der Waals surface area contributed by atoms with E-state index in [1.807, 2.05) is 19.1 Å². The van der Waals surface area contributed by atoms with Crippen LogP contribution in [0.1, 0.15) is 11.1 Å². The van der Waals surface area contributed by atoms with Gasteiger partial charge in [-0.3, -0.25) is 0 Å². The van der Waals surface area contributed by atoms with Crippen LogP contribution < -0.4 is 14.9 Å². The number of hydrogen-bond acceptors (Lipinski definition) is 4. The van der Waals surface area contributed by atoms with Crippen molar-refractivity contribution in [3.05, 3.63) is 59.7 Å². The number of piperazine rings is 1. The van der Waals surface area contributed by atoms with Crippen molar-refractivity contribution in [1.29, 1.82) is 0 Å². The molecule has 0 amide bonds. The molecule has 2 aromatic rings. The molecule has 128 valence electrons. The molecule has 3 rings (SSSR count). The third kappa shape index (κ3) is 4.14. The zero-order valence-electron chi connectivity index (χ0n) is 13.8. The monoisotopic (exact) mass is 345 g/mol. The van der Waals surface area contributed by atoms with E-state index in [0.29, 0.717) is 4.90 Å². The summed E-state index contributed by atoms with van der Waals surface area (Å²) in [4.78, 5) is 2.63. The maximum Gasteiger partial charge on any atom is 0.240 e. The van der Waals surface area contributed by atoms with Gasteiger partial charge in [-0.2, -0.15) is 0 Å². The first-order valence-electron chi connectivity index (χ1n) is 8.15. The van der Waals surface area contributed by atoms with E-state index in [1.165, 1.54) is 5.69 Å². The molecular weight excluding hydrogens is 322 g/mol. The van der Waals surface area contributed by atoms with Crippen LogP contribution in [0.5, 0.6) is 0 Å². The fraction of sp³-hybridized carbons (Fsp3) is 0.333. The van der Waals surface area contributed by atoms with Crippen LogP contribution in [-0.2, 0) is 16.6 Å². The van der Waals surface area contributed by atoms with Gasteiger partial charge in [-0.1, -0.05) is 29.8 Å². The Morgan fingerprint density at radius 2 is 1.62 bits per heavy atom. The second-order valence-electron chi connectivity index (χ2n) is 6.04. The summed E-state index contributed by atoms with van der Waals surface area (Å²) in [5.74, 6) is 0. The second-order valence-corrected chi connectivity index (χ2v) is 7.81. The smallest absolute Gasteiger partial charge is 0.240 e. The van der Waals surface area contributed by atoms with E-state index in [-0.39, 0.29) is 6.54 Å². The molecule has 0 bridgehead atoms. The van der Waals surface area contributed by atoms with Gasteiger partial charge < -0.3 is 10.2 Å². The quantitative estimate of drug-likeness (QED) is 0.869. The van der Waals surface area contributed by atoms with Gasteiger partial charge in [0.15, 0.2) is 0 Å². The van der Waals surface area contributed by atoms with Gasteiger partial charge in [-0.05, 0) is 36.8 Å². The fourth-order valence-electron chi connectivity index (χ4n) is 2.73. The lowest BCUT2D eigenvalue weighted by atomic mass is 10.2. The number of anilines is 1. The van der Waals surface area contributed by atoms with Crippen LogP contribution in [0.2, 0.25) is 0 Å². The number of nitrogens with zero attached hydrogens (tertiary/aromatic N) is 1. The summed E-state index contributed by atoms with van der Waals surface area (Å²) in [5.41, 5.74) is 3.17. The number of aryl methyl sites for hydroxylation is 1. The highest BCUT2D eigenvalue weighted by Crippen LogP contribution is 2.16. The van der Waals surface area contributed by atoms with Crippen molar-refractivity contribution in [2.45, 2.75) is 18.4 Å².